The van der Waals surface area contributed by atoms with E-state index in [-0.39, 0.29) is 27.6 Å². The summed E-state index contributed by atoms with van der Waals surface area (Å²) in [6.45, 7) is 0. The highest BCUT2D eigenvalue weighted by atomic mass is 35.5. The van der Waals surface area contributed by atoms with Crippen LogP contribution in [0.2, 0.25) is 10.0 Å². The van der Waals surface area contributed by atoms with Gasteiger partial charge in [-0.15, -0.1) is 0 Å². The SMILES string of the molecule is COC(=O)c1c(-c2c(F)cccc2Cl)noc1-c1cnn(-c2cccc(Cl)c2)c1. The molecule has 0 radical (unpaired) electrons. The van der Waals surface area contributed by atoms with Gasteiger partial charge in [0.2, 0.25) is 0 Å². The Balaban J connectivity index is 1.86. The molecule has 9 heteroatoms. The number of methoxy groups -OCH3 is 1. The Morgan fingerprint density at radius 3 is 2.72 bits per heavy atom. The highest BCUT2D eigenvalue weighted by Gasteiger charge is 2.29. The molecule has 0 unspecified atom stereocenters. The molecule has 0 N–H and O–H groups in total. The van der Waals surface area contributed by atoms with Crippen molar-refractivity contribution in [3.05, 3.63) is 76.3 Å². The molecular weight excluding hydrogens is 420 g/mol. The standard InChI is InChI=1S/C20H12Cl2FN3O3/c1-28-20(27)17-18(16-14(22)6-3-7-15(16)23)25-29-19(17)11-9-24-26(10-11)13-5-2-4-12(21)8-13/h2-10H,1H3. The van der Waals surface area contributed by atoms with Gasteiger partial charge in [0.1, 0.15) is 17.1 Å². The summed E-state index contributed by atoms with van der Waals surface area (Å²) in [5.41, 5.74) is 0.999. The minimum atomic E-state index is -0.744. The number of carbonyl (C=O) groups excluding carboxylic acids is 1. The number of halogens is 3. The van der Waals surface area contributed by atoms with Gasteiger partial charge in [-0.05, 0) is 30.3 Å². The Morgan fingerprint density at radius 2 is 2.00 bits per heavy atom. The van der Waals surface area contributed by atoms with E-state index >= 15 is 0 Å². The number of aromatic nitrogens is 3. The quantitative estimate of drug-likeness (QED) is 0.403. The summed E-state index contributed by atoms with van der Waals surface area (Å²) in [5, 5.41) is 8.79. The minimum Gasteiger partial charge on any atom is -0.465 e. The first-order valence-electron chi connectivity index (χ1n) is 8.33. The molecule has 0 atom stereocenters. The van der Waals surface area contributed by atoms with Gasteiger partial charge in [0.15, 0.2) is 5.76 Å². The van der Waals surface area contributed by atoms with E-state index in [1.54, 1.807) is 29.1 Å². The Kier molecular flexibility index (Phi) is 5.08. The van der Waals surface area contributed by atoms with Crippen LogP contribution in [0.25, 0.3) is 28.3 Å². The van der Waals surface area contributed by atoms with Crippen molar-refractivity contribution in [3.8, 4) is 28.3 Å². The van der Waals surface area contributed by atoms with Gasteiger partial charge in [0.25, 0.3) is 0 Å². The van der Waals surface area contributed by atoms with Crippen LogP contribution >= 0.6 is 23.2 Å². The number of ether oxygens (including phenoxy) is 1. The summed E-state index contributed by atoms with van der Waals surface area (Å²) in [7, 11) is 1.21. The second-order valence-corrected chi connectivity index (χ2v) is 6.82. The molecule has 2 aromatic carbocycles. The van der Waals surface area contributed by atoms with Crippen molar-refractivity contribution >= 4 is 29.2 Å². The fourth-order valence-corrected chi connectivity index (χ4v) is 3.31. The van der Waals surface area contributed by atoms with Crippen LogP contribution in [0, 0.1) is 5.82 Å². The summed E-state index contributed by atoms with van der Waals surface area (Å²) < 4.78 is 26.2. The van der Waals surface area contributed by atoms with Gasteiger partial charge in [-0.3, -0.25) is 0 Å². The molecule has 0 spiro atoms. The van der Waals surface area contributed by atoms with Gasteiger partial charge < -0.3 is 9.26 Å². The molecule has 29 heavy (non-hydrogen) atoms. The number of benzene rings is 2. The summed E-state index contributed by atoms with van der Waals surface area (Å²) in [4.78, 5) is 12.5. The lowest BCUT2D eigenvalue weighted by Crippen LogP contribution is -2.04. The first-order valence-corrected chi connectivity index (χ1v) is 9.08. The highest BCUT2D eigenvalue weighted by molar-refractivity contribution is 6.33. The number of carbonyl (C=O) groups is 1. The topological polar surface area (TPSA) is 70.2 Å². The summed E-state index contributed by atoms with van der Waals surface area (Å²) in [5.74, 6) is -1.30. The molecule has 0 aliphatic carbocycles. The van der Waals surface area contributed by atoms with E-state index in [1.807, 2.05) is 6.07 Å². The molecule has 0 saturated carbocycles. The van der Waals surface area contributed by atoms with Crippen molar-refractivity contribution in [2.24, 2.45) is 0 Å². The van der Waals surface area contributed by atoms with Crippen LogP contribution < -0.4 is 0 Å². The van der Waals surface area contributed by atoms with Crippen LogP contribution in [0.3, 0.4) is 0 Å². The molecular formula is C20H12Cl2FN3O3. The van der Waals surface area contributed by atoms with Crippen molar-refractivity contribution in [3.63, 3.8) is 0 Å². The molecule has 0 aliphatic rings. The van der Waals surface area contributed by atoms with Gasteiger partial charge in [-0.1, -0.05) is 40.5 Å². The first kappa shape index (κ1) is 19.2. The predicted octanol–water partition coefficient (Wildman–Crippen LogP) is 5.43. The molecule has 2 heterocycles. The summed E-state index contributed by atoms with van der Waals surface area (Å²) in [6, 6.07) is 11.2. The highest BCUT2D eigenvalue weighted by Crippen LogP contribution is 2.37. The zero-order valence-electron chi connectivity index (χ0n) is 14.9. The first-order chi connectivity index (χ1) is 14.0. The van der Waals surface area contributed by atoms with Gasteiger partial charge in [0.05, 0.1) is 35.1 Å². The third-order valence-electron chi connectivity index (χ3n) is 4.20. The van der Waals surface area contributed by atoms with Crippen molar-refractivity contribution < 1.29 is 18.4 Å². The minimum absolute atomic E-state index is 0.0493. The van der Waals surface area contributed by atoms with Gasteiger partial charge in [0, 0.05) is 11.2 Å². The maximum atomic E-state index is 14.4. The zero-order valence-corrected chi connectivity index (χ0v) is 16.4. The number of rotatable bonds is 4. The van der Waals surface area contributed by atoms with E-state index in [0.29, 0.717) is 16.3 Å². The predicted molar refractivity (Wildman–Crippen MR) is 106 cm³/mol. The number of esters is 1. The molecule has 0 amide bonds. The molecule has 146 valence electrons. The Hall–Kier alpha value is -3.16. The van der Waals surface area contributed by atoms with Crippen LogP contribution in [0.5, 0.6) is 0 Å². The lowest BCUT2D eigenvalue weighted by molar-refractivity contribution is 0.0602. The second kappa shape index (κ2) is 7.69. The van der Waals surface area contributed by atoms with Gasteiger partial charge in [-0.2, -0.15) is 5.10 Å². The molecule has 0 fully saturated rings. The number of hydrogen-bond donors (Lipinski definition) is 0. The Bertz CT molecular complexity index is 1200. The molecule has 4 rings (SSSR count). The Labute approximate surface area is 174 Å². The lowest BCUT2D eigenvalue weighted by Gasteiger charge is -2.05. The molecule has 4 aromatic rings. The van der Waals surface area contributed by atoms with Crippen LogP contribution in [0.1, 0.15) is 10.4 Å². The molecule has 2 aromatic heterocycles. The molecule has 0 aliphatic heterocycles. The third-order valence-corrected chi connectivity index (χ3v) is 4.75. The maximum Gasteiger partial charge on any atom is 0.344 e. The molecule has 0 bridgehead atoms. The largest absolute Gasteiger partial charge is 0.465 e. The third kappa shape index (κ3) is 3.50. The number of hydrogen-bond acceptors (Lipinski definition) is 5. The van der Waals surface area contributed by atoms with E-state index in [2.05, 4.69) is 10.3 Å². The van der Waals surface area contributed by atoms with Crippen LogP contribution in [0.4, 0.5) is 4.39 Å². The van der Waals surface area contributed by atoms with Crippen molar-refractivity contribution in [1.29, 1.82) is 0 Å². The van der Waals surface area contributed by atoms with Gasteiger partial charge in [-0.25, -0.2) is 13.9 Å². The smallest absolute Gasteiger partial charge is 0.344 e. The van der Waals surface area contributed by atoms with E-state index in [0.717, 1.165) is 0 Å². The van der Waals surface area contributed by atoms with Crippen molar-refractivity contribution in [2.75, 3.05) is 7.11 Å². The zero-order chi connectivity index (χ0) is 20.5. The normalized spacial score (nSPS) is 10.9. The van der Waals surface area contributed by atoms with Crippen LogP contribution in [-0.2, 0) is 4.74 Å². The number of nitrogens with zero attached hydrogens (tertiary/aromatic N) is 3. The summed E-state index contributed by atoms with van der Waals surface area (Å²) in [6.07, 6.45) is 3.12. The second-order valence-electron chi connectivity index (χ2n) is 5.98. The van der Waals surface area contributed by atoms with Crippen molar-refractivity contribution in [1.82, 2.24) is 14.9 Å². The van der Waals surface area contributed by atoms with Crippen LogP contribution in [0.15, 0.2) is 59.4 Å². The van der Waals surface area contributed by atoms with Crippen LogP contribution in [-0.4, -0.2) is 28.0 Å². The monoisotopic (exact) mass is 431 g/mol. The molecule has 6 nitrogen and oxygen atoms in total. The van der Waals surface area contributed by atoms with E-state index in [1.165, 1.54) is 31.5 Å². The molecule has 0 saturated heterocycles. The average molecular weight is 432 g/mol. The average Bonchev–Trinajstić information content (AvgIpc) is 3.34. The lowest BCUT2D eigenvalue weighted by atomic mass is 10.0. The van der Waals surface area contributed by atoms with E-state index in [9.17, 15) is 9.18 Å². The summed E-state index contributed by atoms with van der Waals surface area (Å²) >= 11 is 12.2. The maximum absolute atomic E-state index is 14.4. The fourth-order valence-electron chi connectivity index (χ4n) is 2.87. The van der Waals surface area contributed by atoms with Crippen molar-refractivity contribution in [2.45, 2.75) is 0 Å². The van der Waals surface area contributed by atoms with Gasteiger partial charge >= 0.3 is 5.97 Å². The van der Waals surface area contributed by atoms with E-state index in [4.69, 9.17) is 32.5 Å². The Morgan fingerprint density at radius 1 is 1.21 bits per heavy atom. The fraction of sp³-hybridized carbons (Fsp3) is 0.0500. The van der Waals surface area contributed by atoms with E-state index < -0.39 is 11.8 Å².